The standard InChI is InChI=1S/C19H13FIN5O2/c1-28-17-12(7-8-14(21)15(17)20)10-23-26-19-24-16(11-5-3-2-4-6-11)13(9-22)18(27)25-19/h2-8,10H,1H3,(H2,24,25,26,27). The van der Waals surface area contributed by atoms with E-state index in [1.54, 1.807) is 36.4 Å². The van der Waals surface area contributed by atoms with E-state index in [0.29, 0.717) is 14.7 Å². The van der Waals surface area contributed by atoms with Gasteiger partial charge in [-0.25, -0.2) is 14.8 Å². The third kappa shape index (κ3) is 4.01. The van der Waals surface area contributed by atoms with Gasteiger partial charge in [0.15, 0.2) is 11.6 Å². The zero-order valence-electron chi connectivity index (χ0n) is 14.5. The third-order valence-corrected chi connectivity index (χ3v) is 4.57. The minimum Gasteiger partial charge on any atom is -0.493 e. The molecule has 140 valence electrons. The van der Waals surface area contributed by atoms with Gasteiger partial charge in [0.05, 0.1) is 22.6 Å². The molecule has 0 spiro atoms. The van der Waals surface area contributed by atoms with Crippen LogP contribution in [0.3, 0.4) is 0 Å². The van der Waals surface area contributed by atoms with Crippen LogP contribution in [0.1, 0.15) is 11.1 Å². The first kappa shape index (κ1) is 19.5. The van der Waals surface area contributed by atoms with E-state index in [1.807, 2.05) is 34.7 Å². The summed E-state index contributed by atoms with van der Waals surface area (Å²) >= 11 is 1.87. The summed E-state index contributed by atoms with van der Waals surface area (Å²) in [7, 11) is 1.37. The van der Waals surface area contributed by atoms with Crippen molar-refractivity contribution in [1.29, 1.82) is 5.26 Å². The molecule has 0 radical (unpaired) electrons. The van der Waals surface area contributed by atoms with E-state index < -0.39 is 11.4 Å². The van der Waals surface area contributed by atoms with Crippen molar-refractivity contribution in [2.24, 2.45) is 5.10 Å². The SMILES string of the molecule is COc1c(C=NNc2nc(-c3ccccc3)c(C#N)c(=O)[nH]2)ccc(I)c1F. The molecule has 3 rings (SSSR count). The number of halogens is 2. The Labute approximate surface area is 173 Å². The number of methoxy groups -OCH3 is 1. The van der Waals surface area contributed by atoms with E-state index in [1.165, 1.54) is 13.3 Å². The maximum Gasteiger partial charge on any atom is 0.270 e. The van der Waals surface area contributed by atoms with Gasteiger partial charge in [-0.3, -0.25) is 9.78 Å². The lowest BCUT2D eigenvalue weighted by Gasteiger charge is -2.08. The molecule has 1 heterocycles. The number of anilines is 1. The molecular formula is C19H13FIN5O2. The number of nitrogens with zero attached hydrogens (tertiary/aromatic N) is 3. The van der Waals surface area contributed by atoms with Crippen LogP contribution < -0.4 is 15.7 Å². The van der Waals surface area contributed by atoms with Crippen LogP contribution in [0.4, 0.5) is 10.3 Å². The van der Waals surface area contributed by atoms with Crippen LogP contribution in [0, 0.1) is 20.7 Å². The maximum absolute atomic E-state index is 14.1. The van der Waals surface area contributed by atoms with Gasteiger partial charge < -0.3 is 4.74 Å². The van der Waals surface area contributed by atoms with Crippen molar-refractivity contribution in [3.8, 4) is 23.1 Å². The topological polar surface area (TPSA) is 103 Å². The van der Waals surface area contributed by atoms with Crippen LogP contribution in [0.2, 0.25) is 0 Å². The maximum atomic E-state index is 14.1. The molecule has 2 N–H and O–H groups in total. The summed E-state index contributed by atoms with van der Waals surface area (Å²) in [4.78, 5) is 18.9. The van der Waals surface area contributed by atoms with Gasteiger partial charge in [0.25, 0.3) is 5.56 Å². The fourth-order valence-electron chi connectivity index (χ4n) is 2.45. The van der Waals surface area contributed by atoms with Gasteiger partial charge in [0, 0.05) is 11.1 Å². The van der Waals surface area contributed by atoms with Crippen LogP contribution in [-0.4, -0.2) is 23.3 Å². The highest BCUT2D eigenvalue weighted by Crippen LogP contribution is 2.25. The summed E-state index contributed by atoms with van der Waals surface area (Å²) in [5, 5.41) is 13.3. The average Bonchev–Trinajstić information content (AvgIpc) is 2.71. The number of hydrogen-bond donors (Lipinski definition) is 2. The molecule has 0 amide bonds. The van der Waals surface area contributed by atoms with Crippen molar-refractivity contribution < 1.29 is 9.13 Å². The number of rotatable bonds is 5. The molecule has 0 atom stereocenters. The van der Waals surface area contributed by atoms with Crippen LogP contribution in [-0.2, 0) is 0 Å². The normalized spacial score (nSPS) is 10.6. The van der Waals surface area contributed by atoms with Crippen molar-refractivity contribution in [2.45, 2.75) is 0 Å². The first-order valence-corrected chi connectivity index (χ1v) is 9.04. The van der Waals surface area contributed by atoms with Gasteiger partial charge in [0.2, 0.25) is 5.95 Å². The van der Waals surface area contributed by atoms with Gasteiger partial charge in [-0.1, -0.05) is 30.3 Å². The lowest BCUT2D eigenvalue weighted by Crippen LogP contribution is -2.16. The van der Waals surface area contributed by atoms with Crippen molar-refractivity contribution in [3.05, 3.63) is 73.3 Å². The number of aromatic nitrogens is 2. The number of nitrogens with one attached hydrogen (secondary N) is 2. The molecular weight excluding hydrogens is 476 g/mol. The zero-order chi connectivity index (χ0) is 20.1. The average molecular weight is 489 g/mol. The Morgan fingerprint density at radius 2 is 2.07 bits per heavy atom. The first-order chi connectivity index (χ1) is 13.5. The van der Waals surface area contributed by atoms with Crippen LogP contribution in [0.5, 0.6) is 5.75 Å². The van der Waals surface area contributed by atoms with E-state index >= 15 is 0 Å². The minimum absolute atomic E-state index is 0.0454. The number of ether oxygens (including phenoxy) is 1. The molecule has 0 aliphatic rings. The van der Waals surface area contributed by atoms with E-state index in [-0.39, 0.29) is 23.0 Å². The zero-order valence-corrected chi connectivity index (χ0v) is 16.7. The summed E-state index contributed by atoms with van der Waals surface area (Å²) in [5.74, 6) is -0.379. The number of benzene rings is 2. The number of hydrazone groups is 1. The predicted molar refractivity (Wildman–Crippen MR) is 112 cm³/mol. The Hall–Kier alpha value is -3.26. The van der Waals surface area contributed by atoms with Crippen molar-refractivity contribution in [2.75, 3.05) is 12.5 Å². The smallest absolute Gasteiger partial charge is 0.270 e. The monoisotopic (exact) mass is 489 g/mol. The van der Waals surface area contributed by atoms with Crippen molar-refractivity contribution in [1.82, 2.24) is 9.97 Å². The molecule has 9 heteroatoms. The molecule has 0 aliphatic heterocycles. The Balaban J connectivity index is 1.93. The molecule has 0 aliphatic carbocycles. The molecule has 2 aromatic carbocycles. The number of aromatic amines is 1. The van der Waals surface area contributed by atoms with Crippen LogP contribution in [0.25, 0.3) is 11.3 Å². The highest BCUT2D eigenvalue weighted by molar-refractivity contribution is 14.1. The Kier molecular flexibility index (Phi) is 6.00. The fourth-order valence-corrected chi connectivity index (χ4v) is 2.88. The summed E-state index contributed by atoms with van der Waals surface area (Å²) in [6.07, 6.45) is 1.35. The van der Waals surface area contributed by atoms with Crippen molar-refractivity contribution >= 4 is 34.8 Å². The summed E-state index contributed by atoms with van der Waals surface area (Å²) in [5.41, 5.74) is 3.18. The number of hydrogen-bond acceptors (Lipinski definition) is 6. The largest absolute Gasteiger partial charge is 0.493 e. The van der Waals surface area contributed by atoms with Crippen molar-refractivity contribution in [3.63, 3.8) is 0 Å². The molecule has 1 aromatic heterocycles. The van der Waals surface area contributed by atoms with E-state index in [9.17, 15) is 14.4 Å². The minimum atomic E-state index is -0.591. The Bertz CT molecular complexity index is 1140. The summed E-state index contributed by atoms with van der Waals surface area (Å²) < 4.78 is 19.6. The van der Waals surface area contributed by atoms with Gasteiger partial charge in [0.1, 0.15) is 11.6 Å². The lowest BCUT2D eigenvalue weighted by atomic mass is 10.1. The van der Waals surface area contributed by atoms with Gasteiger partial charge in [-0.05, 0) is 34.7 Å². The molecule has 0 saturated carbocycles. The van der Waals surface area contributed by atoms with E-state index in [0.717, 1.165) is 0 Å². The molecule has 7 nitrogen and oxygen atoms in total. The second-order valence-corrected chi connectivity index (χ2v) is 6.63. The lowest BCUT2D eigenvalue weighted by molar-refractivity contribution is 0.384. The quantitative estimate of drug-likeness (QED) is 0.325. The van der Waals surface area contributed by atoms with Gasteiger partial charge in [-0.2, -0.15) is 10.4 Å². The molecule has 28 heavy (non-hydrogen) atoms. The first-order valence-electron chi connectivity index (χ1n) is 7.96. The molecule has 3 aromatic rings. The molecule has 0 bridgehead atoms. The fraction of sp³-hybridized carbons (Fsp3) is 0.0526. The summed E-state index contributed by atoms with van der Waals surface area (Å²) in [6.45, 7) is 0. The number of nitriles is 1. The Morgan fingerprint density at radius 3 is 2.75 bits per heavy atom. The van der Waals surface area contributed by atoms with Gasteiger partial charge in [-0.15, -0.1) is 0 Å². The molecule has 0 saturated heterocycles. The summed E-state index contributed by atoms with van der Waals surface area (Å²) in [6, 6.07) is 14.0. The molecule has 0 fully saturated rings. The van der Waals surface area contributed by atoms with Crippen LogP contribution >= 0.6 is 22.6 Å². The van der Waals surface area contributed by atoms with Gasteiger partial charge >= 0.3 is 0 Å². The van der Waals surface area contributed by atoms with Crippen LogP contribution in [0.15, 0.2) is 52.4 Å². The predicted octanol–water partition coefficient (Wildman–Crippen LogP) is 3.51. The Morgan fingerprint density at radius 1 is 1.32 bits per heavy atom. The second-order valence-electron chi connectivity index (χ2n) is 5.47. The second kappa shape index (κ2) is 8.62. The highest BCUT2D eigenvalue weighted by Gasteiger charge is 2.13. The van der Waals surface area contributed by atoms with E-state index in [4.69, 9.17) is 4.74 Å². The van der Waals surface area contributed by atoms with E-state index in [2.05, 4.69) is 20.5 Å². The molecule has 0 unspecified atom stereocenters. The highest BCUT2D eigenvalue weighted by atomic mass is 127. The number of H-pyrrole nitrogens is 1. The third-order valence-electron chi connectivity index (χ3n) is 3.74.